The summed E-state index contributed by atoms with van der Waals surface area (Å²) >= 11 is 0. The Morgan fingerprint density at radius 2 is 1.84 bits per heavy atom. The number of rotatable bonds is 9. The molecule has 0 atom stereocenters. The summed E-state index contributed by atoms with van der Waals surface area (Å²) in [7, 11) is 3.38. The third-order valence-electron chi connectivity index (χ3n) is 5.28. The van der Waals surface area contributed by atoms with Gasteiger partial charge in [-0.05, 0) is 28.8 Å². The average molecular weight is 437 g/mol. The first-order valence-corrected chi connectivity index (χ1v) is 10.8. The third kappa shape index (κ3) is 6.91. The molecule has 2 aromatic carbocycles. The second-order valence-corrected chi connectivity index (χ2v) is 7.41. The van der Waals surface area contributed by atoms with Crippen LogP contribution >= 0.6 is 0 Å². The van der Waals surface area contributed by atoms with Gasteiger partial charge in [-0.25, -0.2) is 0 Å². The first kappa shape index (κ1) is 23.5. The van der Waals surface area contributed by atoms with Crippen LogP contribution in [0, 0.1) is 12.3 Å². The van der Waals surface area contributed by atoms with Crippen molar-refractivity contribution >= 4 is 5.96 Å². The normalized spacial score (nSPS) is 14.5. The fourth-order valence-electron chi connectivity index (χ4n) is 3.53. The van der Waals surface area contributed by atoms with Crippen LogP contribution in [-0.2, 0) is 24.4 Å². The zero-order valence-electron chi connectivity index (χ0n) is 18.9. The summed E-state index contributed by atoms with van der Waals surface area (Å²) in [5, 5.41) is 6.77. The highest BCUT2D eigenvalue weighted by molar-refractivity contribution is 5.79. The Balaban J connectivity index is 1.56. The standard InChI is InChI=1S/C25H32N4O3/c1-4-13-32-24-16-20(9-10-23(24)30-3)17-27-25(26-2)28-18-21-7-5-6-8-22(21)19-29-11-14-31-15-12-29/h1,5-10,16H,11-15,17-19H2,2-3H3,(H2,26,27,28). The Morgan fingerprint density at radius 1 is 1.09 bits per heavy atom. The molecule has 0 radical (unpaired) electrons. The van der Waals surface area contributed by atoms with Gasteiger partial charge in [0, 0.05) is 39.8 Å². The van der Waals surface area contributed by atoms with Gasteiger partial charge >= 0.3 is 0 Å². The van der Waals surface area contributed by atoms with Crippen molar-refractivity contribution in [3.63, 3.8) is 0 Å². The number of hydrogen-bond donors (Lipinski definition) is 2. The van der Waals surface area contributed by atoms with Crippen molar-refractivity contribution in [3.05, 3.63) is 59.2 Å². The van der Waals surface area contributed by atoms with Gasteiger partial charge in [-0.1, -0.05) is 36.3 Å². The lowest BCUT2D eigenvalue weighted by molar-refractivity contribution is 0.0341. The van der Waals surface area contributed by atoms with Crippen LogP contribution in [-0.4, -0.2) is 57.9 Å². The van der Waals surface area contributed by atoms with Gasteiger partial charge in [0.1, 0.15) is 6.61 Å². The molecule has 0 unspecified atom stereocenters. The molecular formula is C25H32N4O3. The van der Waals surface area contributed by atoms with Gasteiger partial charge in [0.15, 0.2) is 17.5 Å². The molecule has 1 aliphatic heterocycles. The largest absolute Gasteiger partial charge is 0.493 e. The summed E-state index contributed by atoms with van der Waals surface area (Å²) < 4.78 is 16.4. The highest BCUT2D eigenvalue weighted by Gasteiger charge is 2.13. The van der Waals surface area contributed by atoms with E-state index in [1.165, 1.54) is 11.1 Å². The van der Waals surface area contributed by atoms with Gasteiger partial charge in [-0.3, -0.25) is 9.89 Å². The first-order chi connectivity index (χ1) is 15.7. The van der Waals surface area contributed by atoms with E-state index in [9.17, 15) is 0 Å². The van der Waals surface area contributed by atoms with E-state index in [0.717, 1.165) is 44.4 Å². The molecule has 0 saturated carbocycles. The number of hydrogen-bond acceptors (Lipinski definition) is 5. The number of ether oxygens (including phenoxy) is 3. The van der Waals surface area contributed by atoms with Gasteiger partial charge in [0.2, 0.25) is 0 Å². The summed E-state index contributed by atoms with van der Waals surface area (Å²) in [6, 6.07) is 14.3. The molecule has 3 rings (SSSR count). The number of benzene rings is 2. The summed E-state index contributed by atoms with van der Waals surface area (Å²) in [4.78, 5) is 6.78. The van der Waals surface area contributed by atoms with E-state index < -0.39 is 0 Å². The molecule has 1 saturated heterocycles. The molecule has 1 fully saturated rings. The van der Waals surface area contributed by atoms with Gasteiger partial charge in [-0.2, -0.15) is 0 Å². The Kier molecular flexibility index (Phi) is 9.23. The van der Waals surface area contributed by atoms with E-state index >= 15 is 0 Å². The molecule has 7 heteroatoms. The quantitative estimate of drug-likeness (QED) is 0.358. The highest BCUT2D eigenvalue weighted by Crippen LogP contribution is 2.28. The minimum Gasteiger partial charge on any atom is -0.493 e. The smallest absolute Gasteiger partial charge is 0.191 e. The molecule has 170 valence electrons. The molecule has 0 amide bonds. The summed E-state index contributed by atoms with van der Waals surface area (Å²) in [5.74, 6) is 4.49. The maximum atomic E-state index is 5.59. The molecule has 2 N–H and O–H groups in total. The van der Waals surface area contributed by atoms with Gasteiger partial charge in [0.25, 0.3) is 0 Å². The van der Waals surface area contributed by atoms with Gasteiger partial charge in [-0.15, -0.1) is 6.42 Å². The van der Waals surface area contributed by atoms with Crippen LogP contribution in [0.2, 0.25) is 0 Å². The fourth-order valence-corrected chi connectivity index (χ4v) is 3.53. The zero-order chi connectivity index (χ0) is 22.6. The van der Waals surface area contributed by atoms with Crippen LogP contribution < -0.4 is 20.1 Å². The summed E-state index contributed by atoms with van der Waals surface area (Å²) in [5.41, 5.74) is 3.62. The van der Waals surface area contributed by atoms with Crippen molar-refractivity contribution in [2.45, 2.75) is 19.6 Å². The Morgan fingerprint density at radius 3 is 2.56 bits per heavy atom. The molecule has 2 aromatic rings. The number of terminal acetylenes is 1. The molecule has 1 heterocycles. The Labute approximate surface area is 190 Å². The second kappa shape index (κ2) is 12.6. The minimum absolute atomic E-state index is 0.195. The molecule has 7 nitrogen and oxygen atoms in total. The van der Waals surface area contributed by atoms with Crippen LogP contribution in [0.15, 0.2) is 47.5 Å². The maximum Gasteiger partial charge on any atom is 0.191 e. The van der Waals surface area contributed by atoms with Gasteiger partial charge < -0.3 is 24.8 Å². The van der Waals surface area contributed by atoms with Crippen molar-refractivity contribution in [1.29, 1.82) is 0 Å². The van der Waals surface area contributed by atoms with Gasteiger partial charge in [0.05, 0.1) is 20.3 Å². The predicted octanol–water partition coefficient (Wildman–Crippen LogP) is 2.40. The highest BCUT2D eigenvalue weighted by atomic mass is 16.5. The Hall–Kier alpha value is -3.21. The van der Waals surface area contributed by atoms with Crippen molar-refractivity contribution in [1.82, 2.24) is 15.5 Å². The minimum atomic E-state index is 0.195. The number of guanidine groups is 1. The first-order valence-electron chi connectivity index (χ1n) is 10.8. The number of nitrogens with one attached hydrogen (secondary N) is 2. The number of aliphatic imine (C=N–C) groups is 1. The van der Waals surface area contributed by atoms with Crippen molar-refractivity contribution in [2.24, 2.45) is 4.99 Å². The summed E-state index contributed by atoms with van der Waals surface area (Å²) in [6.07, 6.45) is 5.31. The maximum absolute atomic E-state index is 5.59. The third-order valence-corrected chi connectivity index (χ3v) is 5.28. The van der Waals surface area contributed by atoms with E-state index in [2.05, 4.69) is 50.7 Å². The van der Waals surface area contributed by atoms with Crippen LogP contribution in [0.25, 0.3) is 0 Å². The van der Waals surface area contributed by atoms with Crippen molar-refractivity contribution < 1.29 is 14.2 Å². The van der Waals surface area contributed by atoms with Crippen molar-refractivity contribution in [2.75, 3.05) is 47.1 Å². The van der Waals surface area contributed by atoms with E-state index in [-0.39, 0.29) is 6.61 Å². The van der Waals surface area contributed by atoms with Crippen LogP contribution in [0.4, 0.5) is 0 Å². The molecular weight excluding hydrogens is 404 g/mol. The molecule has 0 bridgehead atoms. The lowest BCUT2D eigenvalue weighted by atomic mass is 10.1. The lowest BCUT2D eigenvalue weighted by Gasteiger charge is -2.27. The van der Waals surface area contributed by atoms with E-state index in [1.807, 2.05) is 18.2 Å². The topological polar surface area (TPSA) is 67.4 Å². The second-order valence-electron chi connectivity index (χ2n) is 7.41. The van der Waals surface area contributed by atoms with Crippen LogP contribution in [0.1, 0.15) is 16.7 Å². The molecule has 1 aliphatic rings. The fraction of sp³-hybridized carbons (Fsp3) is 0.400. The number of morpholine rings is 1. The van der Waals surface area contributed by atoms with Crippen LogP contribution in [0.5, 0.6) is 11.5 Å². The number of methoxy groups -OCH3 is 1. The van der Waals surface area contributed by atoms with E-state index in [0.29, 0.717) is 24.6 Å². The number of nitrogens with zero attached hydrogens (tertiary/aromatic N) is 2. The summed E-state index contributed by atoms with van der Waals surface area (Å²) in [6.45, 7) is 5.96. The molecule has 32 heavy (non-hydrogen) atoms. The average Bonchev–Trinajstić information content (AvgIpc) is 2.84. The van der Waals surface area contributed by atoms with E-state index in [1.54, 1.807) is 14.2 Å². The van der Waals surface area contributed by atoms with Crippen LogP contribution in [0.3, 0.4) is 0 Å². The Bertz CT molecular complexity index is 933. The monoisotopic (exact) mass is 436 g/mol. The SMILES string of the molecule is C#CCOc1cc(CNC(=NC)NCc2ccccc2CN2CCOCC2)ccc1OC. The zero-order valence-corrected chi connectivity index (χ0v) is 18.9. The molecule has 0 aromatic heterocycles. The van der Waals surface area contributed by atoms with Crippen molar-refractivity contribution in [3.8, 4) is 23.8 Å². The van der Waals surface area contributed by atoms with E-state index in [4.69, 9.17) is 20.6 Å². The lowest BCUT2D eigenvalue weighted by Crippen LogP contribution is -2.37. The molecule has 0 spiro atoms. The predicted molar refractivity (Wildman–Crippen MR) is 127 cm³/mol. The molecule has 0 aliphatic carbocycles.